The van der Waals surface area contributed by atoms with Gasteiger partial charge in [-0.15, -0.1) is 5.10 Å². The van der Waals surface area contributed by atoms with Crippen molar-refractivity contribution in [3.05, 3.63) is 36.0 Å². The number of unbranched alkanes of at least 4 members (excludes halogenated alkanes) is 1. The molecule has 214 valence electrons. The van der Waals surface area contributed by atoms with Gasteiger partial charge < -0.3 is 24.2 Å². The molecular formula is C31H45N3O5. The van der Waals surface area contributed by atoms with Gasteiger partial charge in [-0.1, -0.05) is 31.9 Å². The van der Waals surface area contributed by atoms with Crippen molar-refractivity contribution in [3.8, 4) is 22.8 Å². The lowest BCUT2D eigenvalue weighted by Crippen LogP contribution is -2.49. The molecule has 2 aliphatic rings. The molecule has 0 unspecified atom stereocenters. The van der Waals surface area contributed by atoms with E-state index < -0.39 is 11.7 Å². The Bertz CT molecular complexity index is 1060. The van der Waals surface area contributed by atoms with Gasteiger partial charge in [-0.3, -0.25) is 0 Å². The number of rotatable bonds is 9. The van der Waals surface area contributed by atoms with E-state index in [4.69, 9.17) is 14.2 Å². The van der Waals surface area contributed by atoms with Gasteiger partial charge >= 0.3 is 6.09 Å². The minimum atomic E-state index is -0.565. The van der Waals surface area contributed by atoms with E-state index in [1.807, 2.05) is 39.0 Å². The Morgan fingerprint density at radius 2 is 1.82 bits per heavy atom. The monoisotopic (exact) mass is 539 g/mol. The lowest BCUT2D eigenvalue weighted by molar-refractivity contribution is -0.0181. The molecule has 1 saturated heterocycles. The fourth-order valence-corrected chi connectivity index (χ4v) is 5.21. The largest absolute Gasteiger partial charge is 0.490 e. The fourth-order valence-electron chi connectivity index (χ4n) is 5.21. The van der Waals surface area contributed by atoms with Crippen molar-refractivity contribution in [3.63, 3.8) is 0 Å². The molecule has 1 amide bonds. The SMILES string of the molecule is CCCCc1nnc(OC[C@@H]2CN(C(=O)OC(C)(C)C)CC[C@H]2O)cc1-c1ccc(OC2CCCCC2)cc1. The standard InChI is InChI=1S/C31H45N3O5/c1-5-6-12-27-26(22-13-15-25(16-14-22)38-24-10-8-7-9-11-24)19-29(33-32-27)37-21-23-20-34(18-17-28(23)35)30(36)39-31(2,3)4/h13-16,19,23-24,28,35H,5-12,17-18,20-21H2,1-4H3/t23-,28+/m0/s1. The summed E-state index contributed by atoms with van der Waals surface area (Å²) in [5.41, 5.74) is 2.42. The van der Waals surface area contributed by atoms with E-state index in [9.17, 15) is 9.90 Å². The van der Waals surface area contributed by atoms with Gasteiger partial charge in [0.15, 0.2) is 0 Å². The molecule has 1 N–H and O–H groups in total. The molecule has 1 aliphatic carbocycles. The highest BCUT2D eigenvalue weighted by Crippen LogP contribution is 2.30. The smallest absolute Gasteiger partial charge is 0.410 e. The van der Waals surface area contributed by atoms with E-state index in [1.165, 1.54) is 19.3 Å². The number of aromatic nitrogens is 2. The second-order valence-electron chi connectivity index (χ2n) is 11.9. The van der Waals surface area contributed by atoms with E-state index in [-0.39, 0.29) is 18.6 Å². The van der Waals surface area contributed by atoms with Crippen molar-refractivity contribution in [2.75, 3.05) is 19.7 Å². The molecule has 0 radical (unpaired) electrons. The number of benzene rings is 1. The number of hydrogen-bond acceptors (Lipinski definition) is 7. The number of piperidine rings is 1. The first-order chi connectivity index (χ1) is 18.7. The molecule has 1 saturated carbocycles. The minimum Gasteiger partial charge on any atom is -0.490 e. The third-order valence-electron chi connectivity index (χ3n) is 7.43. The van der Waals surface area contributed by atoms with E-state index in [2.05, 4.69) is 29.3 Å². The highest BCUT2D eigenvalue weighted by atomic mass is 16.6. The van der Waals surface area contributed by atoms with Crippen molar-refractivity contribution < 1.29 is 24.1 Å². The van der Waals surface area contributed by atoms with Gasteiger partial charge in [-0.2, -0.15) is 5.10 Å². The zero-order valence-corrected chi connectivity index (χ0v) is 24.0. The third-order valence-corrected chi connectivity index (χ3v) is 7.43. The molecule has 0 spiro atoms. The molecule has 2 heterocycles. The molecule has 1 aliphatic heterocycles. The van der Waals surface area contributed by atoms with Gasteiger partial charge in [-0.25, -0.2) is 4.79 Å². The van der Waals surface area contributed by atoms with Crippen LogP contribution in [0.5, 0.6) is 11.6 Å². The van der Waals surface area contributed by atoms with Crippen LogP contribution < -0.4 is 9.47 Å². The number of hydrogen-bond donors (Lipinski definition) is 1. The number of carbonyl (C=O) groups is 1. The van der Waals surface area contributed by atoms with Crippen LogP contribution in [0.4, 0.5) is 4.79 Å². The van der Waals surface area contributed by atoms with Crippen molar-refractivity contribution in [2.45, 2.75) is 103 Å². The Labute approximate surface area is 233 Å². The molecule has 1 aromatic heterocycles. The first kappa shape index (κ1) is 29.1. The van der Waals surface area contributed by atoms with Crippen LogP contribution in [0.1, 0.15) is 84.8 Å². The summed E-state index contributed by atoms with van der Waals surface area (Å²) in [6, 6.07) is 10.2. The Kier molecular flexibility index (Phi) is 10.1. The molecule has 8 heteroatoms. The van der Waals surface area contributed by atoms with E-state index in [1.54, 1.807) is 4.90 Å². The predicted molar refractivity (Wildman–Crippen MR) is 151 cm³/mol. The van der Waals surface area contributed by atoms with Gasteiger partial charge in [0.1, 0.15) is 11.4 Å². The fraction of sp³-hybridized carbons (Fsp3) is 0.645. The van der Waals surface area contributed by atoms with E-state index in [0.717, 1.165) is 54.7 Å². The third kappa shape index (κ3) is 8.56. The normalized spacial score (nSPS) is 20.5. The highest BCUT2D eigenvalue weighted by molar-refractivity contribution is 5.68. The molecule has 2 aromatic rings. The van der Waals surface area contributed by atoms with Gasteiger partial charge in [0.05, 0.1) is 24.5 Å². The quantitative estimate of drug-likeness (QED) is 0.406. The van der Waals surface area contributed by atoms with Crippen LogP contribution in [0.15, 0.2) is 30.3 Å². The number of likely N-dealkylation sites (tertiary alicyclic amines) is 1. The van der Waals surface area contributed by atoms with Gasteiger partial charge in [0.2, 0.25) is 5.88 Å². The first-order valence-electron chi connectivity index (χ1n) is 14.6. The summed E-state index contributed by atoms with van der Waals surface area (Å²) in [6.07, 6.45) is 8.86. The van der Waals surface area contributed by atoms with Gasteiger partial charge in [-0.05, 0) is 83.4 Å². The van der Waals surface area contributed by atoms with E-state index >= 15 is 0 Å². The maximum absolute atomic E-state index is 12.6. The van der Waals surface area contributed by atoms with Crippen LogP contribution >= 0.6 is 0 Å². The molecule has 8 nitrogen and oxygen atoms in total. The average Bonchev–Trinajstić information content (AvgIpc) is 2.92. The summed E-state index contributed by atoms with van der Waals surface area (Å²) in [5, 5.41) is 19.5. The van der Waals surface area contributed by atoms with E-state index in [0.29, 0.717) is 31.5 Å². The lowest BCUT2D eigenvalue weighted by Gasteiger charge is -2.36. The summed E-state index contributed by atoms with van der Waals surface area (Å²) in [4.78, 5) is 14.2. The molecule has 2 fully saturated rings. The Hall–Kier alpha value is -2.87. The van der Waals surface area contributed by atoms with Crippen LogP contribution in [-0.2, 0) is 11.2 Å². The van der Waals surface area contributed by atoms with Crippen molar-refractivity contribution in [2.24, 2.45) is 5.92 Å². The number of amides is 1. The number of ether oxygens (including phenoxy) is 3. The highest BCUT2D eigenvalue weighted by Gasteiger charge is 2.33. The van der Waals surface area contributed by atoms with Crippen molar-refractivity contribution >= 4 is 6.09 Å². The van der Waals surface area contributed by atoms with Crippen LogP contribution in [0.25, 0.3) is 11.1 Å². The van der Waals surface area contributed by atoms with Gasteiger partial charge in [0.25, 0.3) is 0 Å². The van der Waals surface area contributed by atoms with Crippen molar-refractivity contribution in [1.82, 2.24) is 15.1 Å². The molecule has 2 atom stereocenters. The van der Waals surface area contributed by atoms with Crippen LogP contribution in [0.2, 0.25) is 0 Å². The van der Waals surface area contributed by atoms with Crippen LogP contribution in [0, 0.1) is 5.92 Å². The molecule has 1 aromatic carbocycles. The summed E-state index contributed by atoms with van der Waals surface area (Å²) in [6.45, 7) is 8.78. The molecule has 39 heavy (non-hydrogen) atoms. The van der Waals surface area contributed by atoms with Crippen LogP contribution in [0.3, 0.4) is 0 Å². The predicted octanol–water partition coefficient (Wildman–Crippen LogP) is 6.19. The van der Waals surface area contributed by atoms with Crippen molar-refractivity contribution in [1.29, 1.82) is 0 Å². The average molecular weight is 540 g/mol. The maximum Gasteiger partial charge on any atom is 0.410 e. The van der Waals surface area contributed by atoms with Crippen LogP contribution in [-0.4, -0.2) is 63.8 Å². The first-order valence-corrected chi connectivity index (χ1v) is 14.6. The molecular weight excluding hydrogens is 494 g/mol. The summed E-state index contributed by atoms with van der Waals surface area (Å²) >= 11 is 0. The number of aliphatic hydroxyl groups excluding tert-OH is 1. The maximum atomic E-state index is 12.6. The Morgan fingerprint density at radius 3 is 2.51 bits per heavy atom. The Morgan fingerprint density at radius 1 is 1.08 bits per heavy atom. The number of nitrogens with zero attached hydrogens (tertiary/aromatic N) is 3. The zero-order chi connectivity index (χ0) is 27.8. The second kappa shape index (κ2) is 13.5. The second-order valence-corrected chi connectivity index (χ2v) is 11.9. The Balaban J connectivity index is 1.44. The number of aliphatic hydroxyl groups is 1. The summed E-state index contributed by atoms with van der Waals surface area (Å²) in [5.74, 6) is 1.07. The number of aryl methyl sites for hydroxylation is 1. The number of carbonyl (C=O) groups excluding carboxylic acids is 1. The molecule has 4 rings (SSSR count). The summed E-state index contributed by atoms with van der Waals surface area (Å²) in [7, 11) is 0. The van der Waals surface area contributed by atoms with Gasteiger partial charge in [0, 0.05) is 30.6 Å². The topological polar surface area (TPSA) is 94.0 Å². The summed E-state index contributed by atoms with van der Waals surface area (Å²) < 4.78 is 17.8. The zero-order valence-electron chi connectivity index (χ0n) is 24.0. The lowest BCUT2D eigenvalue weighted by atomic mass is 9.96. The minimum absolute atomic E-state index is 0.233. The molecule has 0 bridgehead atoms.